The minimum Gasteiger partial charge on any atom is -0.497 e. The van der Waals surface area contributed by atoms with E-state index in [2.05, 4.69) is 57.0 Å². The molecule has 0 aliphatic carbocycles. The fraction of sp³-hybridized carbons (Fsp3) is 0.471. The molecular weight excluding hydrogens is 1110 g/mol. The van der Waals surface area contributed by atoms with Gasteiger partial charge in [0, 0.05) is 36.0 Å². The number of nitrogens with one attached hydrogen (secondary N) is 1. The number of para-hydroxylation sites is 1. The number of fused-ring (bicyclic) bond motifs is 2. The van der Waals surface area contributed by atoms with E-state index in [0.717, 1.165) is 84.9 Å². The van der Waals surface area contributed by atoms with E-state index in [0.29, 0.717) is 66.5 Å². The number of carboxylic acids is 1. The van der Waals surface area contributed by atoms with Crippen LogP contribution in [-0.4, -0.2) is 113 Å². The van der Waals surface area contributed by atoms with Gasteiger partial charge < -0.3 is 48.5 Å². The molecule has 2 aliphatic rings. The summed E-state index contributed by atoms with van der Waals surface area (Å²) in [5, 5.41) is 22.4. The molecule has 1 amide bonds. The standard InChI is InChI=1S/C68H87N7O10S/c1-10-13-15-19-37-80-51-28-30-53(31-29-51)83-44-55(84-54-34-32-52(33-35-54)81-38-20-16-14-11-2)45-86-61(12-3)65(76)69-43-48(6)63-71-64-62(66(73-75(64)72-63)85-60-23-18-17-22-56(60)67(77)78)70-58-41-57-47(5)42-68(7,8)74(59(57)40-46(58)4)36-21-39-82-50-26-24-49(79-9)25-27-50/h17-18,22-35,40-41,47-48,55,61H,10-16,19-21,36-39,42-45H2,1-9H3,(H,69,76)(H,77,78)/b70-62+. The van der Waals surface area contributed by atoms with Crippen molar-refractivity contribution < 1.29 is 47.9 Å². The molecule has 0 saturated heterocycles. The Labute approximate surface area is 512 Å². The molecule has 1 aromatic heterocycles. The molecule has 6 aromatic rings. The highest BCUT2D eigenvalue weighted by Crippen LogP contribution is 2.46. The second-order valence-electron chi connectivity index (χ2n) is 22.8. The zero-order valence-electron chi connectivity index (χ0n) is 51.6. The van der Waals surface area contributed by atoms with Gasteiger partial charge in [-0.2, -0.15) is 0 Å². The lowest BCUT2D eigenvalue weighted by molar-refractivity contribution is -0.120. The number of amides is 1. The molecule has 460 valence electrons. The number of methoxy groups -OCH3 is 1. The average Bonchev–Trinajstić information content (AvgIpc) is 1.63. The van der Waals surface area contributed by atoms with Gasteiger partial charge in [-0.15, -0.1) is 26.8 Å². The summed E-state index contributed by atoms with van der Waals surface area (Å²) in [5.41, 5.74) is 4.07. The monoisotopic (exact) mass is 1190 g/mol. The van der Waals surface area contributed by atoms with Crippen LogP contribution in [0, 0.1) is 6.92 Å². The summed E-state index contributed by atoms with van der Waals surface area (Å²) in [6.07, 6.45) is 11.0. The Bertz CT molecular complexity index is 3200. The number of aliphatic imine (C=N–C) groups is 1. The van der Waals surface area contributed by atoms with Crippen LogP contribution in [0.3, 0.4) is 0 Å². The number of unbranched alkanes of at least 4 members (excludes halogenated alkanes) is 6. The van der Waals surface area contributed by atoms with Crippen LogP contribution in [0.1, 0.15) is 164 Å². The van der Waals surface area contributed by atoms with Crippen molar-refractivity contribution in [3.63, 3.8) is 0 Å². The fourth-order valence-corrected chi connectivity index (χ4v) is 11.7. The molecule has 4 unspecified atom stereocenters. The smallest absolute Gasteiger partial charge is 0.339 e. The highest BCUT2D eigenvalue weighted by atomic mass is 32.2. The average molecular weight is 1190 g/mol. The molecule has 2 N–H and O–H groups in total. The number of rotatable bonds is 34. The minimum absolute atomic E-state index is 0.0306. The van der Waals surface area contributed by atoms with Crippen molar-refractivity contribution in [3.05, 3.63) is 138 Å². The molecule has 8 rings (SSSR count). The van der Waals surface area contributed by atoms with Gasteiger partial charge in [0.25, 0.3) is 5.90 Å². The number of nitrogens with zero attached hydrogens (tertiary/aromatic N) is 6. The Kier molecular flexibility index (Phi) is 23.6. The van der Waals surface area contributed by atoms with Crippen molar-refractivity contribution in [3.8, 4) is 40.2 Å². The number of hydrogen-bond acceptors (Lipinski definition) is 15. The minimum atomic E-state index is -1.15. The molecule has 0 radical (unpaired) electrons. The van der Waals surface area contributed by atoms with E-state index in [9.17, 15) is 14.7 Å². The maximum Gasteiger partial charge on any atom is 0.339 e. The van der Waals surface area contributed by atoms with Crippen LogP contribution in [0.5, 0.6) is 40.2 Å². The van der Waals surface area contributed by atoms with Crippen LogP contribution in [0.4, 0.5) is 11.4 Å². The van der Waals surface area contributed by atoms with E-state index in [1.54, 1.807) is 25.3 Å². The van der Waals surface area contributed by atoms with Gasteiger partial charge >= 0.3 is 5.97 Å². The first-order valence-corrected chi connectivity index (χ1v) is 31.7. The number of carbonyl (C=O) groups is 2. The third kappa shape index (κ3) is 17.7. The predicted molar refractivity (Wildman–Crippen MR) is 342 cm³/mol. The van der Waals surface area contributed by atoms with Crippen LogP contribution in [0.2, 0.25) is 0 Å². The summed E-state index contributed by atoms with van der Waals surface area (Å²) in [6.45, 7) is 20.4. The molecule has 0 fully saturated rings. The Morgan fingerprint density at radius 3 is 1.98 bits per heavy atom. The molecule has 0 saturated carbocycles. The maximum absolute atomic E-state index is 14.1. The Balaban J connectivity index is 0.952. The molecule has 0 spiro atoms. The summed E-state index contributed by atoms with van der Waals surface area (Å²) in [5.74, 6) is 4.58. The quantitative estimate of drug-likeness (QED) is 0.0363. The molecule has 17 nitrogen and oxygen atoms in total. The molecule has 4 atom stereocenters. The number of aryl methyl sites for hydroxylation is 1. The topological polar surface area (TPSA) is 190 Å². The van der Waals surface area contributed by atoms with Crippen LogP contribution in [-0.2, 0) is 4.79 Å². The van der Waals surface area contributed by atoms with E-state index in [1.165, 1.54) is 48.3 Å². The first-order valence-electron chi connectivity index (χ1n) is 30.7. The Morgan fingerprint density at radius 1 is 0.779 bits per heavy atom. The summed E-state index contributed by atoms with van der Waals surface area (Å²) >= 11 is 1.52. The fourth-order valence-electron chi connectivity index (χ4n) is 10.6. The molecule has 5 aromatic carbocycles. The number of benzene rings is 5. The summed E-state index contributed by atoms with van der Waals surface area (Å²) in [7, 11) is 1.65. The van der Waals surface area contributed by atoms with Crippen molar-refractivity contribution in [1.82, 2.24) is 20.2 Å². The number of anilines is 1. The first kappa shape index (κ1) is 64.3. The number of thioether (sulfide) groups is 1. The van der Waals surface area contributed by atoms with E-state index in [4.69, 9.17) is 53.3 Å². The van der Waals surface area contributed by atoms with Crippen LogP contribution in [0.25, 0.3) is 0 Å². The van der Waals surface area contributed by atoms with Crippen LogP contribution >= 0.6 is 11.8 Å². The zero-order valence-corrected chi connectivity index (χ0v) is 52.5. The van der Waals surface area contributed by atoms with Crippen molar-refractivity contribution in [2.24, 2.45) is 10.1 Å². The van der Waals surface area contributed by atoms with Gasteiger partial charge in [-0.1, -0.05) is 85.3 Å². The van der Waals surface area contributed by atoms with Gasteiger partial charge in [-0.05, 0) is 167 Å². The van der Waals surface area contributed by atoms with E-state index in [-0.39, 0.29) is 58.9 Å². The van der Waals surface area contributed by atoms with Gasteiger partial charge in [-0.3, -0.25) is 4.79 Å². The van der Waals surface area contributed by atoms with Crippen molar-refractivity contribution >= 4 is 46.6 Å². The normalized spacial score (nSPS) is 15.6. The van der Waals surface area contributed by atoms with Gasteiger partial charge in [-0.25, -0.2) is 14.8 Å². The molecule has 86 heavy (non-hydrogen) atoms. The molecule has 18 heteroatoms. The lowest BCUT2D eigenvalue weighted by atomic mass is 9.79. The summed E-state index contributed by atoms with van der Waals surface area (Å²) in [6, 6.07) is 33.7. The number of hydrogen-bond donors (Lipinski definition) is 2. The molecule has 3 heterocycles. The highest BCUT2D eigenvalue weighted by Gasteiger charge is 2.38. The zero-order chi connectivity index (χ0) is 61.0. The van der Waals surface area contributed by atoms with Crippen molar-refractivity contribution in [2.75, 3.05) is 57.3 Å². The van der Waals surface area contributed by atoms with Gasteiger partial charge in [0.15, 0.2) is 11.5 Å². The number of aromatic nitrogens is 3. The van der Waals surface area contributed by atoms with E-state index < -0.39 is 12.1 Å². The highest BCUT2D eigenvalue weighted by molar-refractivity contribution is 8.00. The lowest BCUT2D eigenvalue weighted by Gasteiger charge is -2.48. The van der Waals surface area contributed by atoms with Gasteiger partial charge in [0.1, 0.15) is 58.5 Å². The molecule has 2 aliphatic heterocycles. The van der Waals surface area contributed by atoms with E-state index >= 15 is 0 Å². The maximum atomic E-state index is 14.1. The summed E-state index contributed by atoms with van der Waals surface area (Å²) in [4.78, 5) is 40.5. The number of carbonyl (C=O) groups excluding carboxylic acids is 1. The van der Waals surface area contributed by atoms with Crippen LogP contribution < -0.4 is 43.4 Å². The van der Waals surface area contributed by atoms with Gasteiger partial charge in [0.05, 0.1) is 37.9 Å². The number of ether oxygens (including phenoxy) is 7. The van der Waals surface area contributed by atoms with Crippen LogP contribution in [0.15, 0.2) is 119 Å². The predicted octanol–water partition coefficient (Wildman–Crippen LogP) is 14.4. The first-order chi connectivity index (χ1) is 41.7. The number of aromatic carboxylic acids is 1. The number of carboxylic acid groups (broad SMARTS) is 1. The third-order valence-corrected chi connectivity index (χ3v) is 16.9. The largest absolute Gasteiger partial charge is 0.497 e. The molecular formula is C68H87N7O10S. The second kappa shape index (κ2) is 31.6. The van der Waals surface area contributed by atoms with Gasteiger partial charge in [0.2, 0.25) is 11.7 Å². The van der Waals surface area contributed by atoms with Crippen molar-refractivity contribution in [2.45, 2.75) is 155 Å². The summed E-state index contributed by atoms with van der Waals surface area (Å²) < 4.78 is 42.6. The van der Waals surface area contributed by atoms with E-state index in [1.807, 2.05) is 93.6 Å². The van der Waals surface area contributed by atoms with Crippen molar-refractivity contribution in [1.29, 1.82) is 0 Å². The third-order valence-electron chi connectivity index (χ3n) is 15.4. The molecule has 0 bridgehead atoms. The Hall–Kier alpha value is -7.73. The lowest BCUT2D eigenvalue weighted by Crippen LogP contribution is -2.49. The second-order valence-corrected chi connectivity index (χ2v) is 24.0. The SMILES string of the molecule is CCCCCCOc1ccc(OCC(CSC(CC)C(=O)NCC(C)c2nc3n(n2)N=C(Oc2ccccc2C(=O)O)/C3=N/c2cc3c(cc2C)N(CCCOc2ccc(OC)cc2)C(C)(C)CC3C)Oc2ccc(OCCCCCC)cc2)cc1. The Morgan fingerprint density at radius 2 is 1.37 bits per heavy atom.